The van der Waals surface area contributed by atoms with Crippen molar-refractivity contribution in [1.82, 2.24) is 0 Å². The zero-order valence-corrected chi connectivity index (χ0v) is 13.2. The third-order valence-corrected chi connectivity index (χ3v) is 3.60. The molecule has 2 aromatic rings. The number of rotatable bonds is 4. The van der Waals surface area contributed by atoms with Gasteiger partial charge in [-0.2, -0.15) is 0 Å². The lowest BCUT2D eigenvalue weighted by Gasteiger charge is -2.09. The summed E-state index contributed by atoms with van der Waals surface area (Å²) in [4.78, 5) is 12.2. The van der Waals surface area contributed by atoms with Crippen LogP contribution >= 0.6 is 27.5 Å². The van der Waals surface area contributed by atoms with Gasteiger partial charge in [-0.3, -0.25) is 4.79 Å². The molecule has 0 bridgehead atoms. The number of anilines is 1. The van der Waals surface area contributed by atoms with Gasteiger partial charge in [-0.25, -0.2) is 0 Å². The number of carbonyl (C=O) groups excluding carboxylic acids is 1. The molecule has 5 heteroatoms. The fraction of sp³-hybridized carbons (Fsp3) is 0.133. The molecule has 2 aromatic carbocycles. The maximum absolute atomic E-state index is 12.2. The highest BCUT2D eigenvalue weighted by molar-refractivity contribution is 9.10. The molecule has 3 nitrogen and oxygen atoms in total. The largest absolute Gasteiger partial charge is 0.492 e. The second-order valence-electron chi connectivity index (χ2n) is 4.01. The molecule has 0 aliphatic heterocycles. The van der Waals surface area contributed by atoms with Crippen molar-refractivity contribution < 1.29 is 9.53 Å². The predicted octanol–water partition coefficient (Wildman–Crippen LogP) is 4.75. The van der Waals surface area contributed by atoms with E-state index in [4.69, 9.17) is 16.3 Å². The van der Waals surface area contributed by atoms with Crippen LogP contribution in [0.1, 0.15) is 17.3 Å². The Morgan fingerprint density at radius 2 is 2.05 bits per heavy atom. The third-order valence-electron chi connectivity index (χ3n) is 2.62. The second-order valence-corrected chi connectivity index (χ2v) is 5.27. The van der Waals surface area contributed by atoms with Crippen LogP contribution < -0.4 is 10.1 Å². The Kier molecular flexibility index (Phi) is 5.04. The maximum atomic E-state index is 12.2. The van der Waals surface area contributed by atoms with Gasteiger partial charge in [0.05, 0.1) is 17.3 Å². The molecule has 0 aliphatic carbocycles. The number of ether oxygens (including phenoxy) is 1. The Bertz CT molecular complexity index is 631. The molecule has 0 unspecified atom stereocenters. The molecule has 0 aliphatic rings. The highest BCUT2D eigenvalue weighted by atomic mass is 79.9. The fourth-order valence-electron chi connectivity index (χ4n) is 1.67. The quantitative estimate of drug-likeness (QED) is 0.860. The van der Waals surface area contributed by atoms with Crippen molar-refractivity contribution in [2.45, 2.75) is 6.92 Å². The van der Waals surface area contributed by atoms with Crippen molar-refractivity contribution in [1.29, 1.82) is 0 Å². The van der Waals surface area contributed by atoms with E-state index in [9.17, 15) is 4.79 Å². The van der Waals surface area contributed by atoms with E-state index in [1.165, 1.54) is 0 Å². The van der Waals surface area contributed by atoms with Gasteiger partial charge in [0.2, 0.25) is 0 Å². The topological polar surface area (TPSA) is 38.3 Å². The minimum atomic E-state index is -0.221. The molecular weight excluding hydrogens is 342 g/mol. The fourth-order valence-corrected chi connectivity index (χ4v) is 2.29. The van der Waals surface area contributed by atoms with E-state index in [0.717, 1.165) is 4.47 Å². The van der Waals surface area contributed by atoms with E-state index in [0.29, 0.717) is 28.6 Å². The summed E-state index contributed by atoms with van der Waals surface area (Å²) in [5.41, 5.74) is 1.19. The van der Waals surface area contributed by atoms with Crippen molar-refractivity contribution in [3.05, 3.63) is 57.5 Å². The summed E-state index contributed by atoms with van der Waals surface area (Å²) in [5, 5.41) is 3.24. The number of halogens is 2. The molecule has 0 spiro atoms. The molecule has 20 heavy (non-hydrogen) atoms. The normalized spacial score (nSPS) is 10.2. The average Bonchev–Trinajstić information content (AvgIpc) is 2.43. The first kappa shape index (κ1) is 14.9. The van der Waals surface area contributed by atoms with E-state index >= 15 is 0 Å². The number of hydrogen-bond acceptors (Lipinski definition) is 2. The van der Waals surface area contributed by atoms with Gasteiger partial charge in [-0.1, -0.05) is 23.7 Å². The summed E-state index contributed by atoms with van der Waals surface area (Å²) in [6.45, 7) is 2.41. The molecule has 1 N–H and O–H groups in total. The molecule has 0 saturated carbocycles. The molecule has 0 saturated heterocycles. The molecule has 2 rings (SSSR count). The molecule has 104 valence electrons. The lowest BCUT2D eigenvalue weighted by atomic mass is 10.2. The zero-order chi connectivity index (χ0) is 14.5. The first-order valence-corrected chi connectivity index (χ1v) is 7.27. The predicted molar refractivity (Wildman–Crippen MR) is 84.7 cm³/mol. The first-order chi connectivity index (χ1) is 9.61. The Morgan fingerprint density at radius 3 is 2.70 bits per heavy atom. The van der Waals surface area contributed by atoms with Crippen LogP contribution in [0, 0.1) is 0 Å². The van der Waals surface area contributed by atoms with Crippen LogP contribution in [0.4, 0.5) is 5.69 Å². The Labute approximate surface area is 131 Å². The molecule has 0 aromatic heterocycles. The smallest absolute Gasteiger partial charge is 0.255 e. The lowest BCUT2D eigenvalue weighted by Crippen LogP contribution is -2.12. The SMILES string of the molecule is CCOc1ccc(C(=O)Nc2ccccc2Br)cc1Cl. The van der Waals surface area contributed by atoms with Gasteiger partial charge in [0, 0.05) is 10.0 Å². The van der Waals surface area contributed by atoms with Crippen molar-refractivity contribution in [3.63, 3.8) is 0 Å². The van der Waals surface area contributed by atoms with Crippen LogP contribution in [-0.4, -0.2) is 12.5 Å². The molecule has 0 heterocycles. The van der Waals surface area contributed by atoms with Crippen molar-refractivity contribution in [3.8, 4) is 5.75 Å². The van der Waals surface area contributed by atoms with Gasteiger partial charge in [0.25, 0.3) is 5.91 Å². The van der Waals surface area contributed by atoms with Gasteiger partial charge in [-0.15, -0.1) is 0 Å². The van der Waals surface area contributed by atoms with Crippen molar-refractivity contribution >= 4 is 39.1 Å². The van der Waals surface area contributed by atoms with Crippen molar-refractivity contribution in [2.75, 3.05) is 11.9 Å². The summed E-state index contributed by atoms with van der Waals surface area (Å²) >= 11 is 9.46. The van der Waals surface area contributed by atoms with Crippen LogP contribution in [0.5, 0.6) is 5.75 Å². The van der Waals surface area contributed by atoms with Gasteiger partial charge >= 0.3 is 0 Å². The molecular formula is C15H13BrClNO2. The number of amides is 1. The molecule has 1 amide bonds. The van der Waals surface area contributed by atoms with E-state index in [1.54, 1.807) is 18.2 Å². The molecule has 0 fully saturated rings. The summed E-state index contributed by atoms with van der Waals surface area (Å²) in [6, 6.07) is 12.4. The van der Waals surface area contributed by atoms with Crippen molar-refractivity contribution in [2.24, 2.45) is 0 Å². The number of para-hydroxylation sites is 1. The number of nitrogens with one attached hydrogen (secondary N) is 1. The number of carbonyl (C=O) groups is 1. The van der Waals surface area contributed by atoms with Gasteiger partial charge < -0.3 is 10.1 Å². The Hall–Kier alpha value is -1.52. The Balaban J connectivity index is 2.18. The summed E-state index contributed by atoms with van der Waals surface area (Å²) in [7, 11) is 0. The lowest BCUT2D eigenvalue weighted by molar-refractivity contribution is 0.102. The molecule has 0 radical (unpaired) electrons. The number of hydrogen-bond donors (Lipinski definition) is 1. The first-order valence-electron chi connectivity index (χ1n) is 6.10. The second kappa shape index (κ2) is 6.77. The van der Waals surface area contributed by atoms with E-state index in [1.807, 2.05) is 31.2 Å². The van der Waals surface area contributed by atoms with Crippen LogP contribution in [0.2, 0.25) is 5.02 Å². The number of benzene rings is 2. The highest BCUT2D eigenvalue weighted by Crippen LogP contribution is 2.27. The monoisotopic (exact) mass is 353 g/mol. The highest BCUT2D eigenvalue weighted by Gasteiger charge is 2.10. The van der Waals surface area contributed by atoms with Crippen LogP contribution in [0.15, 0.2) is 46.9 Å². The summed E-state index contributed by atoms with van der Waals surface area (Å²) in [6.07, 6.45) is 0. The molecule has 0 atom stereocenters. The van der Waals surface area contributed by atoms with Gasteiger partial charge in [0.1, 0.15) is 5.75 Å². The summed E-state index contributed by atoms with van der Waals surface area (Å²) in [5.74, 6) is 0.355. The van der Waals surface area contributed by atoms with Gasteiger partial charge in [0.15, 0.2) is 0 Å². The standard InChI is InChI=1S/C15H13BrClNO2/c1-2-20-14-8-7-10(9-12(14)17)15(19)18-13-6-4-3-5-11(13)16/h3-9H,2H2,1H3,(H,18,19). The summed E-state index contributed by atoms with van der Waals surface area (Å²) < 4.78 is 6.16. The van der Waals surface area contributed by atoms with Crippen LogP contribution in [0.3, 0.4) is 0 Å². The minimum Gasteiger partial charge on any atom is -0.492 e. The van der Waals surface area contributed by atoms with E-state index in [-0.39, 0.29) is 5.91 Å². The zero-order valence-electron chi connectivity index (χ0n) is 10.8. The minimum absolute atomic E-state index is 0.221. The Morgan fingerprint density at radius 1 is 1.30 bits per heavy atom. The average molecular weight is 355 g/mol. The third kappa shape index (κ3) is 3.52. The van der Waals surface area contributed by atoms with Gasteiger partial charge in [-0.05, 0) is 53.2 Å². The van der Waals surface area contributed by atoms with E-state index < -0.39 is 0 Å². The maximum Gasteiger partial charge on any atom is 0.255 e. The van der Waals surface area contributed by atoms with E-state index in [2.05, 4.69) is 21.2 Å². The van der Waals surface area contributed by atoms with Crippen LogP contribution in [0.25, 0.3) is 0 Å². The van der Waals surface area contributed by atoms with Crippen LogP contribution in [-0.2, 0) is 0 Å².